The van der Waals surface area contributed by atoms with E-state index in [0.717, 1.165) is 18.3 Å². The smallest absolute Gasteiger partial charge is 0.255 e. The second-order valence-corrected chi connectivity index (χ2v) is 5.10. The molecule has 0 radical (unpaired) electrons. The second kappa shape index (κ2) is 4.56. The first kappa shape index (κ1) is 13.1. The summed E-state index contributed by atoms with van der Waals surface area (Å²) in [6.45, 7) is 0.649. The van der Waals surface area contributed by atoms with Gasteiger partial charge in [-0.15, -0.1) is 0 Å². The maximum Gasteiger partial charge on any atom is 0.255 e. The Kier molecular flexibility index (Phi) is 2.97. The Morgan fingerprint density at radius 2 is 2.15 bits per heavy atom. The summed E-state index contributed by atoms with van der Waals surface area (Å²) in [6.07, 6.45) is 1.76. The molecule has 0 spiro atoms. The van der Waals surface area contributed by atoms with E-state index in [1.54, 1.807) is 29.6 Å². The van der Waals surface area contributed by atoms with Crippen molar-refractivity contribution in [1.82, 2.24) is 19.4 Å². The van der Waals surface area contributed by atoms with Crippen molar-refractivity contribution in [1.29, 1.82) is 0 Å². The quantitative estimate of drug-likeness (QED) is 0.755. The van der Waals surface area contributed by atoms with E-state index in [-0.39, 0.29) is 16.9 Å². The van der Waals surface area contributed by atoms with Gasteiger partial charge in [0.15, 0.2) is 5.82 Å². The lowest BCUT2D eigenvalue weighted by Crippen LogP contribution is -2.34. The zero-order valence-electron chi connectivity index (χ0n) is 11.0. The van der Waals surface area contributed by atoms with Crippen molar-refractivity contribution in [3.05, 3.63) is 34.6 Å². The number of nitrogens with zero attached hydrogens (tertiary/aromatic N) is 4. The van der Waals surface area contributed by atoms with Crippen LogP contribution in [-0.2, 0) is 13.5 Å². The fraction of sp³-hybridized carbons (Fsp3) is 0.308. The monoisotopic (exact) mass is 294 g/mol. The number of rotatable bonds is 1. The summed E-state index contributed by atoms with van der Waals surface area (Å²) in [4.78, 5) is 21.3. The lowest BCUT2D eigenvalue weighted by atomic mass is 10.1. The highest BCUT2D eigenvalue weighted by Crippen LogP contribution is 2.29. The lowest BCUT2D eigenvalue weighted by molar-refractivity contribution is 0.0779. The van der Waals surface area contributed by atoms with Crippen molar-refractivity contribution in [2.24, 2.45) is 7.05 Å². The van der Waals surface area contributed by atoms with Crippen molar-refractivity contribution < 1.29 is 9.18 Å². The Morgan fingerprint density at radius 3 is 2.90 bits per heavy atom. The molecule has 0 saturated carbocycles. The Bertz CT molecular complexity index is 713. The average molecular weight is 295 g/mol. The fourth-order valence-electron chi connectivity index (χ4n) is 2.46. The summed E-state index contributed by atoms with van der Waals surface area (Å²) < 4.78 is 15.7. The van der Waals surface area contributed by atoms with Crippen LogP contribution in [0.4, 0.5) is 4.39 Å². The minimum Gasteiger partial charge on any atom is -0.345 e. The number of amides is 1. The third kappa shape index (κ3) is 1.87. The summed E-state index contributed by atoms with van der Waals surface area (Å²) in [7, 11) is 3.54. The number of likely N-dealkylation sites (N-methyl/N-ethyl adjacent to an activating group) is 1. The zero-order valence-corrected chi connectivity index (χ0v) is 11.8. The van der Waals surface area contributed by atoms with Crippen LogP contribution in [0.25, 0.3) is 11.4 Å². The molecule has 1 aliphatic heterocycles. The number of hydrogen-bond donors (Lipinski definition) is 0. The molecule has 0 aliphatic carbocycles. The van der Waals surface area contributed by atoms with Gasteiger partial charge >= 0.3 is 0 Å². The topological polar surface area (TPSA) is 51.0 Å². The Balaban J connectivity index is 2.19. The van der Waals surface area contributed by atoms with Gasteiger partial charge in [0.2, 0.25) is 5.28 Å². The molecule has 5 nitrogen and oxygen atoms in total. The Labute approximate surface area is 120 Å². The van der Waals surface area contributed by atoms with Crippen LogP contribution in [0, 0.1) is 5.82 Å². The number of halogens is 2. The number of carbonyl (C=O) groups excluding carboxylic acids is 1. The van der Waals surface area contributed by atoms with E-state index >= 15 is 0 Å². The summed E-state index contributed by atoms with van der Waals surface area (Å²) in [5, 5.41) is -0.0241. The molecule has 7 heteroatoms. The molecule has 0 N–H and O–H groups in total. The molecule has 0 unspecified atom stereocenters. The van der Waals surface area contributed by atoms with E-state index in [2.05, 4.69) is 9.97 Å². The molecule has 2 aromatic rings. The van der Waals surface area contributed by atoms with Gasteiger partial charge in [-0.2, -0.15) is 0 Å². The molecule has 0 atom stereocenters. The van der Waals surface area contributed by atoms with Gasteiger partial charge in [0, 0.05) is 32.8 Å². The van der Waals surface area contributed by atoms with Crippen LogP contribution in [0.5, 0.6) is 0 Å². The highest BCUT2D eigenvalue weighted by atomic mass is 35.5. The molecule has 0 bridgehead atoms. The van der Waals surface area contributed by atoms with Crippen LogP contribution in [-0.4, -0.2) is 38.9 Å². The average Bonchev–Trinajstić information content (AvgIpc) is 2.75. The van der Waals surface area contributed by atoms with E-state index in [9.17, 15) is 9.18 Å². The van der Waals surface area contributed by atoms with E-state index in [1.165, 1.54) is 0 Å². The van der Waals surface area contributed by atoms with E-state index < -0.39 is 5.82 Å². The molecule has 1 amide bonds. The van der Waals surface area contributed by atoms with Crippen LogP contribution in [0.15, 0.2) is 12.3 Å². The van der Waals surface area contributed by atoms with Gasteiger partial charge in [-0.25, -0.2) is 14.4 Å². The molecule has 3 heterocycles. The van der Waals surface area contributed by atoms with Gasteiger partial charge in [0.1, 0.15) is 5.69 Å². The molecular weight excluding hydrogens is 283 g/mol. The summed E-state index contributed by atoms with van der Waals surface area (Å²) in [5.41, 5.74) is 2.11. The molecule has 3 rings (SSSR count). The van der Waals surface area contributed by atoms with Crippen molar-refractivity contribution >= 4 is 17.5 Å². The number of hydrogen-bond acceptors (Lipinski definition) is 3. The van der Waals surface area contributed by atoms with Gasteiger partial charge in [0.05, 0.1) is 17.5 Å². The highest BCUT2D eigenvalue weighted by molar-refractivity contribution is 6.28. The molecule has 104 valence electrons. The molecule has 2 aromatic heterocycles. The van der Waals surface area contributed by atoms with Gasteiger partial charge < -0.3 is 9.47 Å². The van der Waals surface area contributed by atoms with E-state index in [1.807, 2.05) is 0 Å². The van der Waals surface area contributed by atoms with Crippen molar-refractivity contribution in [2.45, 2.75) is 6.42 Å². The van der Waals surface area contributed by atoms with Crippen molar-refractivity contribution in [3.8, 4) is 11.4 Å². The van der Waals surface area contributed by atoms with E-state index in [0.29, 0.717) is 17.8 Å². The largest absolute Gasteiger partial charge is 0.345 e. The van der Waals surface area contributed by atoms with Gasteiger partial charge in [-0.05, 0) is 17.7 Å². The van der Waals surface area contributed by atoms with Crippen LogP contribution in [0.3, 0.4) is 0 Å². The number of fused-ring (bicyclic) bond motifs is 1. The van der Waals surface area contributed by atoms with Gasteiger partial charge in [-0.3, -0.25) is 4.79 Å². The summed E-state index contributed by atoms with van der Waals surface area (Å²) >= 11 is 5.72. The molecular formula is C13H12ClFN4O. The Hall–Kier alpha value is -1.95. The molecule has 0 fully saturated rings. The molecule has 0 saturated heterocycles. The fourth-order valence-corrected chi connectivity index (χ4v) is 2.60. The molecule has 1 aliphatic rings. The van der Waals surface area contributed by atoms with E-state index in [4.69, 9.17) is 11.6 Å². The third-order valence-corrected chi connectivity index (χ3v) is 3.76. The summed E-state index contributed by atoms with van der Waals surface area (Å²) in [6, 6.07) is 1.66. The minimum absolute atomic E-state index is 0.0241. The van der Waals surface area contributed by atoms with Crippen LogP contribution < -0.4 is 0 Å². The first-order chi connectivity index (χ1) is 9.49. The SMILES string of the molecule is CN1CCc2c(cc(-c3nc(Cl)ncc3F)n2C)C1=O. The van der Waals surface area contributed by atoms with Crippen LogP contribution in [0.1, 0.15) is 16.1 Å². The first-order valence-corrected chi connectivity index (χ1v) is 6.49. The highest BCUT2D eigenvalue weighted by Gasteiger charge is 2.27. The summed E-state index contributed by atoms with van der Waals surface area (Å²) in [5.74, 6) is -0.623. The predicted molar refractivity (Wildman–Crippen MR) is 72.1 cm³/mol. The van der Waals surface area contributed by atoms with Crippen LogP contribution >= 0.6 is 11.6 Å². The first-order valence-electron chi connectivity index (χ1n) is 6.11. The zero-order chi connectivity index (χ0) is 14.4. The van der Waals surface area contributed by atoms with Gasteiger partial charge in [0.25, 0.3) is 5.91 Å². The number of carbonyl (C=O) groups is 1. The van der Waals surface area contributed by atoms with Crippen molar-refractivity contribution in [3.63, 3.8) is 0 Å². The normalized spacial score (nSPS) is 14.6. The standard InChI is InChI=1S/C13H12ClFN4O/c1-18-4-3-9-7(12(18)20)5-10(19(9)2)11-8(15)6-16-13(14)17-11/h5-6H,3-4H2,1-2H3. The number of aromatic nitrogens is 3. The minimum atomic E-state index is -0.562. The maximum atomic E-state index is 13.9. The molecule has 20 heavy (non-hydrogen) atoms. The predicted octanol–water partition coefficient (Wildman–Crippen LogP) is 1.90. The molecule has 0 aromatic carbocycles. The van der Waals surface area contributed by atoms with Crippen molar-refractivity contribution in [2.75, 3.05) is 13.6 Å². The lowest BCUT2D eigenvalue weighted by Gasteiger charge is -2.23. The van der Waals surface area contributed by atoms with Crippen LogP contribution in [0.2, 0.25) is 5.28 Å². The second-order valence-electron chi connectivity index (χ2n) is 4.76. The third-order valence-electron chi connectivity index (χ3n) is 3.58. The van der Waals surface area contributed by atoms with Gasteiger partial charge in [-0.1, -0.05) is 0 Å². The Morgan fingerprint density at radius 1 is 1.40 bits per heavy atom. The maximum absolute atomic E-state index is 13.9.